The highest BCUT2D eigenvalue weighted by atomic mass is 16.6. The Morgan fingerprint density at radius 2 is 2.04 bits per heavy atom. The molecule has 5 rings (SSSR count). The average Bonchev–Trinajstić information content (AvgIpc) is 3.27. The SMILES string of the molecule is O=C1C=C2C(C#CCC3CCCC3)=C[C@@H]3C[C@@]2(O1)C1CCCCN13. The first kappa shape index (κ1) is 14.8. The third-order valence-corrected chi connectivity index (χ3v) is 6.76. The van der Waals surface area contributed by atoms with Gasteiger partial charge in [-0.15, -0.1) is 0 Å². The molecule has 3 heterocycles. The molecule has 3 fully saturated rings. The molecule has 2 bridgehead atoms. The van der Waals surface area contributed by atoms with E-state index in [0.717, 1.165) is 42.9 Å². The Hall–Kier alpha value is -1.53. The highest BCUT2D eigenvalue weighted by Gasteiger charge is 2.61. The van der Waals surface area contributed by atoms with Crippen LogP contribution in [0.4, 0.5) is 0 Å². The molecule has 5 aliphatic rings. The Balaban J connectivity index is 1.46. The second kappa shape index (κ2) is 5.49. The third-order valence-electron chi connectivity index (χ3n) is 6.76. The maximum Gasteiger partial charge on any atom is 0.332 e. The van der Waals surface area contributed by atoms with Crippen molar-refractivity contribution in [3.8, 4) is 11.8 Å². The monoisotopic (exact) mass is 323 g/mol. The van der Waals surface area contributed by atoms with Crippen LogP contribution >= 0.6 is 0 Å². The zero-order chi connectivity index (χ0) is 16.1. The smallest absolute Gasteiger partial charge is 0.332 e. The zero-order valence-corrected chi connectivity index (χ0v) is 14.2. The summed E-state index contributed by atoms with van der Waals surface area (Å²) in [6.45, 7) is 1.13. The first-order valence-electron chi connectivity index (χ1n) is 9.68. The summed E-state index contributed by atoms with van der Waals surface area (Å²) in [5.41, 5.74) is 1.76. The molecule has 0 radical (unpaired) electrons. The molecular weight excluding hydrogens is 298 g/mol. The molecule has 24 heavy (non-hydrogen) atoms. The lowest BCUT2D eigenvalue weighted by Gasteiger charge is -2.38. The van der Waals surface area contributed by atoms with Crippen LogP contribution in [0.25, 0.3) is 0 Å². The number of piperidine rings is 1. The summed E-state index contributed by atoms with van der Waals surface area (Å²) < 4.78 is 5.94. The van der Waals surface area contributed by atoms with E-state index in [9.17, 15) is 4.79 Å². The van der Waals surface area contributed by atoms with Crippen LogP contribution in [0.15, 0.2) is 23.3 Å². The van der Waals surface area contributed by atoms with Gasteiger partial charge in [-0.3, -0.25) is 4.90 Å². The van der Waals surface area contributed by atoms with Crippen molar-refractivity contribution in [2.75, 3.05) is 6.54 Å². The molecule has 0 amide bonds. The van der Waals surface area contributed by atoms with Crippen LogP contribution in [-0.2, 0) is 9.53 Å². The number of ether oxygens (including phenoxy) is 1. The molecule has 0 aromatic carbocycles. The van der Waals surface area contributed by atoms with Crippen molar-refractivity contribution in [2.45, 2.75) is 75.5 Å². The van der Waals surface area contributed by atoms with Gasteiger partial charge >= 0.3 is 5.97 Å². The van der Waals surface area contributed by atoms with Gasteiger partial charge in [0.15, 0.2) is 5.60 Å². The van der Waals surface area contributed by atoms with Gasteiger partial charge in [0.25, 0.3) is 0 Å². The molecule has 1 unspecified atom stereocenters. The molecule has 0 aromatic rings. The minimum Gasteiger partial charge on any atom is -0.449 e. The van der Waals surface area contributed by atoms with Gasteiger partial charge in [-0.05, 0) is 38.1 Å². The van der Waals surface area contributed by atoms with E-state index in [0.29, 0.717) is 12.1 Å². The summed E-state index contributed by atoms with van der Waals surface area (Å²) in [5.74, 6) is 7.48. The molecule has 126 valence electrons. The second-order valence-corrected chi connectivity index (χ2v) is 8.13. The maximum absolute atomic E-state index is 12.1. The van der Waals surface area contributed by atoms with Crippen molar-refractivity contribution in [3.05, 3.63) is 23.3 Å². The number of esters is 1. The standard InChI is InChI=1S/C21H25NO2/c23-20-13-18-16(9-5-8-15-6-1-2-7-15)12-17-14-21(18,24-20)19-10-3-4-11-22(17)19/h12-13,15,17,19H,1-4,6-8,10-11,14H2/t17-,19?,21+/m1/s1. The maximum atomic E-state index is 12.1. The van der Waals surface area contributed by atoms with E-state index >= 15 is 0 Å². The van der Waals surface area contributed by atoms with Crippen molar-refractivity contribution >= 4 is 5.97 Å². The van der Waals surface area contributed by atoms with Gasteiger partial charge < -0.3 is 4.74 Å². The quantitative estimate of drug-likeness (QED) is 0.547. The van der Waals surface area contributed by atoms with Crippen LogP contribution in [0, 0.1) is 17.8 Å². The van der Waals surface area contributed by atoms with Gasteiger partial charge in [-0.25, -0.2) is 4.79 Å². The van der Waals surface area contributed by atoms with E-state index < -0.39 is 5.60 Å². The van der Waals surface area contributed by atoms with Gasteiger partial charge in [-0.2, -0.15) is 0 Å². The predicted molar refractivity (Wildman–Crippen MR) is 92.1 cm³/mol. The van der Waals surface area contributed by atoms with Crippen LogP contribution in [0.5, 0.6) is 0 Å². The molecule has 3 heteroatoms. The van der Waals surface area contributed by atoms with E-state index in [1.54, 1.807) is 6.08 Å². The fourth-order valence-electron chi connectivity index (χ4n) is 5.68. The minimum atomic E-state index is -0.395. The molecule has 0 N–H and O–H groups in total. The Bertz CT molecular complexity index is 688. The van der Waals surface area contributed by atoms with Crippen molar-refractivity contribution in [3.63, 3.8) is 0 Å². The first-order valence-corrected chi connectivity index (χ1v) is 9.68. The molecule has 3 atom stereocenters. The number of rotatable bonds is 1. The van der Waals surface area contributed by atoms with Gasteiger partial charge in [0, 0.05) is 36.1 Å². The molecular formula is C21H25NO2. The van der Waals surface area contributed by atoms with Crippen LogP contribution in [0.3, 0.4) is 0 Å². The largest absolute Gasteiger partial charge is 0.449 e. The molecule has 2 aliphatic carbocycles. The first-order chi connectivity index (χ1) is 11.8. The van der Waals surface area contributed by atoms with Crippen LogP contribution in [0.1, 0.15) is 57.8 Å². The number of carbonyl (C=O) groups excluding carboxylic acids is 1. The summed E-state index contributed by atoms with van der Waals surface area (Å²) in [6, 6.07) is 0.758. The van der Waals surface area contributed by atoms with E-state index in [1.807, 2.05) is 0 Å². The summed E-state index contributed by atoms with van der Waals surface area (Å²) >= 11 is 0. The number of hydrogen-bond donors (Lipinski definition) is 0. The summed E-state index contributed by atoms with van der Waals surface area (Å²) in [7, 11) is 0. The Morgan fingerprint density at radius 3 is 2.92 bits per heavy atom. The third kappa shape index (κ3) is 2.12. The fourth-order valence-corrected chi connectivity index (χ4v) is 5.68. The van der Waals surface area contributed by atoms with Crippen molar-refractivity contribution in [2.24, 2.45) is 5.92 Å². The van der Waals surface area contributed by atoms with Gasteiger partial charge in [0.1, 0.15) is 0 Å². The van der Waals surface area contributed by atoms with E-state index in [1.165, 1.54) is 38.5 Å². The fraction of sp³-hybridized carbons (Fsp3) is 0.667. The number of nitrogens with zero attached hydrogens (tertiary/aromatic N) is 1. The van der Waals surface area contributed by atoms with Gasteiger partial charge in [0.2, 0.25) is 0 Å². The molecule has 0 aromatic heterocycles. The lowest BCUT2D eigenvalue weighted by molar-refractivity contribution is -0.148. The lowest BCUT2D eigenvalue weighted by atomic mass is 9.77. The van der Waals surface area contributed by atoms with Crippen LogP contribution in [0.2, 0.25) is 0 Å². The molecule has 2 saturated heterocycles. The van der Waals surface area contributed by atoms with Crippen molar-refractivity contribution < 1.29 is 9.53 Å². The summed E-state index contributed by atoms with van der Waals surface area (Å²) in [6.07, 6.45) is 15.0. The number of hydrogen-bond acceptors (Lipinski definition) is 3. The Kier molecular flexibility index (Phi) is 3.38. The molecule has 1 saturated carbocycles. The molecule has 3 aliphatic heterocycles. The lowest BCUT2D eigenvalue weighted by Crippen LogP contribution is -2.48. The van der Waals surface area contributed by atoms with E-state index in [2.05, 4.69) is 22.8 Å². The van der Waals surface area contributed by atoms with E-state index in [4.69, 9.17) is 4.74 Å². The van der Waals surface area contributed by atoms with Crippen LogP contribution in [-0.4, -0.2) is 35.1 Å². The topological polar surface area (TPSA) is 29.5 Å². The normalized spacial score (nSPS) is 37.9. The summed E-state index contributed by atoms with van der Waals surface area (Å²) in [5, 5.41) is 0. The molecule has 1 spiro atoms. The van der Waals surface area contributed by atoms with Gasteiger partial charge in [-0.1, -0.05) is 37.2 Å². The van der Waals surface area contributed by atoms with Crippen molar-refractivity contribution in [1.29, 1.82) is 0 Å². The van der Waals surface area contributed by atoms with E-state index in [-0.39, 0.29) is 5.97 Å². The number of fused-ring (bicyclic) bond motifs is 3. The highest BCUT2D eigenvalue weighted by Crippen LogP contribution is 2.53. The average molecular weight is 323 g/mol. The second-order valence-electron chi connectivity index (χ2n) is 8.13. The predicted octanol–water partition coefficient (Wildman–Crippen LogP) is 3.36. The zero-order valence-electron chi connectivity index (χ0n) is 14.2. The Labute approximate surface area is 144 Å². The summed E-state index contributed by atoms with van der Waals surface area (Å²) in [4.78, 5) is 14.7. The molecule has 3 nitrogen and oxygen atoms in total. The van der Waals surface area contributed by atoms with Crippen molar-refractivity contribution in [1.82, 2.24) is 4.90 Å². The Morgan fingerprint density at radius 1 is 1.21 bits per heavy atom. The van der Waals surface area contributed by atoms with Crippen LogP contribution < -0.4 is 0 Å². The number of carbonyl (C=O) groups is 1. The minimum absolute atomic E-state index is 0.165. The van der Waals surface area contributed by atoms with Gasteiger partial charge in [0.05, 0.1) is 6.04 Å². The highest BCUT2D eigenvalue weighted by molar-refractivity contribution is 5.90.